The molecule has 0 saturated carbocycles. The fraction of sp³-hybridized carbons (Fsp3) is 0.0714. The van der Waals surface area contributed by atoms with Crippen LogP contribution in [0.1, 0.15) is 11.1 Å². The van der Waals surface area contributed by atoms with E-state index in [2.05, 4.69) is 0 Å². The highest BCUT2D eigenvalue weighted by molar-refractivity contribution is 5.98. The Morgan fingerprint density at radius 2 is 2.10 bits per heavy atom. The Labute approximate surface area is 119 Å². The number of para-hydroxylation sites is 1. The molecule has 0 heterocycles. The van der Waals surface area contributed by atoms with Gasteiger partial charge in [-0.15, -0.1) is 0 Å². The highest BCUT2D eigenvalue weighted by atomic mass is 19.1. The molecule has 0 aliphatic rings. The average Bonchev–Trinajstić information content (AvgIpc) is 2.40. The summed E-state index contributed by atoms with van der Waals surface area (Å²) in [4.78, 5) is 10.3. The maximum absolute atomic E-state index is 13.3. The smallest absolute Gasteiger partial charge is 0.311 e. The number of nitro benzene ring substituents is 1. The predicted molar refractivity (Wildman–Crippen MR) is 75.3 cm³/mol. The van der Waals surface area contributed by atoms with Gasteiger partial charge in [0.05, 0.1) is 10.5 Å². The minimum Gasteiger partial charge on any atom is -0.449 e. The van der Waals surface area contributed by atoms with E-state index in [1.807, 2.05) is 0 Å². The van der Waals surface area contributed by atoms with Crippen molar-refractivity contribution < 1.29 is 14.1 Å². The summed E-state index contributed by atoms with van der Waals surface area (Å²) in [5, 5.41) is 18.5. The fourth-order valence-corrected chi connectivity index (χ4v) is 1.83. The second-order valence-electron chi connectivity index (χ2n) is 4.34. The van der Waals surface area contributed by atoms with E-state index in [-0.39, 0.29) is 28.6 Å². The quantitative estimate of drug-likeness (QED) is 0.390. The number of hydrogen-bond donors (Lipinski definition) is 2. The number of halogens is 1. The van der Waals surface area contributed by atoms with Crippen molar-refractivity contribution in [2.75, 3.05) is 0 Å². The van der Waals surface area contributed by atoms with Crippen LogP contribution < -0.4 is 10.5 Å². The standard InChI is InChI=1S/C14H12FN3O3/c1-8-3-2-4-10(14(16)17)13(8)21-12-7-9(15)5-6-11(12)18(19)20/h2-7H,1H3,(H3,16,17). The van der Waals surface area contributed by atoms with Crippen molar-refractivity contribution in [2.45, 2.75) is 6.92 Å². The lowest BCUT2D eigenvalue weighted by Gasteiger charge is -2.13. The van der Waals surface area contributed by atoms with Crippen molar-refractivity contribution in [3.05, 3.63) is 63.5 Å². The van der Waals surface area contributed by atoms with E-state index in [0.29, 0.717) is 5.56 Å². The second kappa shape index (κ2) is 5.58. The van der Waals surface area contributed by atoms with Gasteiger partial charge in [0.25, 0.3) is 0 Å². The van der Waals surface area contributed by atoms with Gasteiger partial charge in [0, 0.05) is 12.1 Å². The van der Waals surface area contributed by atoms with Gasteiger partial charge >= 0.3 is 5.69 Å². The Morgan fingerprint density at radius 3 is 2.71 bits per heavy atom. The summed E-state index contributed by atoms with van der Waals surface area (Å²) < 4.78 is 18.8. The molecule has 0 unspecified atom stereocenters. The van der Waals surface area contributed by atoms with Gasteiger partial charge in [-0.2, -0.15) is 0 Å². The maximum atomic E-state index is 13.3. The van der Waals surface area contributed by atoms with E-state index in [0.717, 1.165) is 18.2 Å². The van der Waals surface area contributed by atoms with Crippen LogP contribution in [0.15, 0.2) is 36.4 Å². The Bertz CT molecular complexity index is 731. The van der Waals surface area contributed by atoms with Crippen molar-refractivity contribution in [1.82, 2.24) is 0 Å². The SMILES string of the molecule is Cc1cccc(C(=N)N)c1Oc1cc(F)ccc1[N+](=O)[O-]. The molecule has 2 aromatic carbocycles. The van der Waals surface area contributed by atoms with Crippen LogP contribution in [0.2, 0.25) is 0 Å². The predicted octanol–water partition coefficient (Wildman–Crippen LogP) is 3.12. The summed E-state index contributed by atoms with van der Waals surface area (Å²) in [7, 11) is 0. The van der Waals surface area contributed by atoms with Gasteiger partial charge in [-0.3, -0.25) is 15.5 Å². The molecular formula is C14H12FN3O3. The molecule has 7 heteroatoms. The highest BCUT2D eigenvalue weighted by Gasteiger charge is 2.19. The first kappa shape index (κ1) is 14.4. The topological polar surface area (TPSA) is 102 Å². The van der Waals surface area contributed by atoms with E-state index >= 15 is 0 Å². The number of rotatable bonds is 4. The molecule has 21 heavy (non-hydrogen) atoms. The number of benzene rings is 2. The van der Waals surface area contributed by atoms with Crippen LogP contribution in [0.3, 0.4) is 0 Å². The second-order valence-corrected chi connectivity index (χ2v) is 4.34. The summed E-state index contributed by atoms with van der Waals surface area (Å²) in [6, 6.07) is 7.86. The van der Waals surface area contributed by atoms with Crippen LogP contribution in [0, 0.1) is 28.3 Å². The number of hydrogen-bond acceptors (Lipinski definition) is 4. The first-order chi connectivity index (χ1) is 9.90. The van der Waals surface area contributed by atoms with Crippen molar-refractivity contribution in [3.63, 3.8) is 0 Å². The van der Waals surface area contributed by atoms with Gasteiger partial charge < -0.3 is 10.5 Å². The number of aryl methyl sites for hydroxylation is 1. The van der Waals surface area contributed by atoms with Crippen molar-refractivity contribution in [1.29, 1.82) is 5.41 Å². The number of ether oxygens (including phenoxy) is 1. The summed E-state index contributed by atoms with van der Waals surface area (Å²) in [6.45, 7) is 1.70. The number of nitrogen functional groups attached to an aromatic ring is 1. The van der Waals surface area contributed by atoms with Gasteiger partial charge in [-0.25, -0.2) is 4.39 Å². The zero-order valence-corrected chi connectivity index (χ0v) is 11.1. The van der Waals surface area contributed by atoms with Crippen LogP contribution in [0.4, 0.5) is 10.1 Å². The zero-order valence-electron chi connectivity index (χ0n) is 11.1. The highest BCUT2D eigenvalue weighted by Crippen LogP contribution is 2.35. The largest absolute Gasteiger partial charge is 0.449 e. The lowest BCUT2D eigenvalue weighted by molar-refractivity contribution is -0.385. The van der Waals surface area contributed by atoms with Gasteiger partial charge in [-0.05, 0) is 24.6 Å². The molecule has 0 atom stereocenters. The van der Waals surface area contributed by atoms with E-state index in [1.165, 1.54) is 0 Å². The number of amidine groups is 1. The molecule has 0 aromatic heterocycles. The summed E-state index contributed by atoms with van der Waals surface area (Å²) in [5.74, 6) is -0.947. The van der Waals surface area contributed by atoms with E-state index in [1.54, 1.807) is 25.1 Å². The Morgan fingerprint density at radius 1 is 1.38 bits per heavy atom. The summed E-state index contributed by atoms with van der Waals surface area (Å²) in [5.41, 5.74) is 6.01. The first-order valence-electron chi connectivity index (χ1n) is 5.96. The third-order valence-electron chi connectivity index (χ3n) is 2.83. The molecule has 0 fully saturated rings. The fourth-order valence-electron chi connectivity index (χ4n) is 1.83. The molecule has 0 bridgehead atoms. The molecular weight excluding hydrogens is 277 g/mol. The Kier molecular flexibility index (Phi) is 3.84. The van der Waals surface area contributed by atoms with Gasteiger partial charge in [0.2, 0.25) is 5.75 Å². The third kappa shape index (κ3) is 2.97. The lowest BCUT2D eigenvalue weighted by atomic mass is 10.1. The number of nitro groups is 1. The molecule has 0 aliphatic heterocycles. The number of nitrogens with one attached hydrogen (secondary N) is 1. The molecule has 0 spiro atoms. The normalized spacial score (nSPS) is 10.2. The van der Waals surface area contributed by atoms with Crippen LogP contribution in [0.5, 0.6) is 11.5 Å². The van der Waals surface area contributed by atoms with Crippen LogP contribution in [-0.4, -0.2) is 10.8 Å². The molecule has 2 aromatic rings. The Hall–Kier alpha value is -2.96. The van der Waals surface area contributed by atoms with E-state index in [9.17, 15) is 14.5 Å². The van der Waals surface area contributed by atoms with E-state index in [4.69, 9.17) is 15.9 Å². The average molecular weight is 289 g/mol. The molecule has 0 radical (unpaired) electrons. The van der Waals surface area contributed by atoms with Crippen LogP contribution >= 0.6 is 0 Å². The van der Waals surface area contributed by atoms with Crippen LogP contribution in [-0.2, 0) is 0 Å². The van der Waals surface area contributed by atoms with Gasteiger partial charge in [0.15, 0.2) is 0 Å². The molecule has 0 amide bonds. The first-order valence-corrected chi connectivity index (χ1v) is 5.96. The van der Waals surface area contributed by atoms with Gasteiger partial charge in [0.1, 0.15) is 17.4 Å². The van der Waals surface area contributed by atoms with Crippen molar-refractivity contribution in [3.8, 4) is 11.5 Å². The van der Waals surface area contributed by atoms with Gasteiger partial charge in [-0.1, -0.05) is 12.1 Å². The molecule has 0 saturated heterocycles. The molecule has 108 valence electrons. The molecule has 3 N–H and O–H groups in total. The maximum Gasteiger partial charge on any atom is 0.311 e. The number of nitrogens with two attached hydrogens (primary N) is 1. The van der Waals surface area contributed by atoms with E-state index < -0.39 is 10.7 Å². The van der Waals surface area contributed by atoms with Crippen molar-refractivity contribution >= 4 is 11.5 Å². The van der Waals surface area contributed by atoms with Crippen molar-refractivity contribution in [2.24, 2.45) is 5.73 Å². The molecule has 0 aliphatic carbocycles. The zero-order chi connectivity index (χ0) is 15.6. The lowest BCUT2D eigenvalue weighted by Crippen LogP contribution is -2.13. The monoisotopic (exact) mass is 289 g/mol. The molecule has 2 rings (SSSR count). The Balaban J connectivity index is 2.55. The summed E-state index contributed by atoms with van der Waals surface area (Å²) in [6.07, 6.45) is 0. The third-order valence-corrected chi connectivity index (χ3v) is 2.83. The van der Waals surface area contributed by atoms with Crippen LogP contribution in [0.25, 0.3) is 0 Å². The minimum absolute atomic E-state index is 0.193. The molecule has 6 nitrogen and oxygen atoms in total. The minimum atomic E-state index is -0.666. The summed E-state index contributed by atoms with van der Waals surface area (Å²) >= 11 is 0. The number of nitrogens with zero attached hydrogens (tertiary/aromatic N) is 1.